The number of urea groups is 1. The van der Waals surface area contributed by atoms with Crippen LogP contribution in [0.3, 0.4) is 0 Å². The molecule has 1 saturated heterocycles. The number of benzene rings is 1. The van der Waals surface area contributed by atoms with E-state index >= 15 is 0 Å². The molecule has 0 bridgehead atoms. The zero-order chi connectivity index (χ0) is 18.5. The van der Waals surface area contributed by atoms with Gasteiger partial charge in [0.2, 0.25) is 0 Å². The number of aryl methyl sites for hydroxylation is 2. The van der Waals surface area contributed by atoms with Crippen LogP contribution in [0.2, 0.25) is 0 Å². The predicted molar refractivity (Wildman–Crippen MR) is 103 cm³/mol. The Kier molecular flexibility index (Phi) is 6.17. The number of rotatable bonds is 2. The largest absolute Gasteiger partial charge is 0.337 e. The van der Waals surface area contributed by atoms with Crippen molar-refractivity contribution in [1.82, 2.24) is 15.1 Å². The SMILES string of the molecule is Cc1ccc(C(=O)N2CCCN(C(=O)NC3CCCCC3)CC2)cc1C. The van der Waals surface area contributed by atoms with Gasteiger partial charge in [0.1, 0.15) is 0 Å². The van der Waals surface area contributed by atoms with E-state index in [1.54, 1.807) is 0 Å². The van der Waals surface area contributed by atoms with Crippen molar-refractivity contribution in [3.05, 3.63) is 34.9 Å². The summed E-state index contributed by atoms with van der Waals surface area (Å²) >= 11 is 0. The molecule has 1 heterocycles. The minimum Gasteiger partial charge on any atom is -0.337 e. The van der Waals surface area contributed by atoms with Crippen LogP contribution in [0, 0.1) is 13.8 Å². The van der Waals surface area contributed by atoms with E-state index in [1.807, 2.05) is 34.9 Å². The Hall–Kier alpha value is -2.04. The molecule has 2 aliphatic rings. The van der Waals surface area contributed by atoms with E-state index in [1.165, 1.54) is 24.8 Å². The van der Waals surface area contributed by atoms with Gasteiger partial charge in [0.25, 0.3) is 5.91 Å². The van der Waals surface area contributed by atoms with Gasteiger partial charge in [-0.1, -0.05) is 25.3 Å². The molecule has 1 aliphatic carbocycles. The van der Waals surface area contributed by atoms with Gasteiger partial charge in [0.05, 0.1) is 0 Å². The fraction of sp³-hybridized carbons (Fsp3) is 0.619. The summed E-state index contributed by atoms with van der Waals surface area (Å²) in [6.07, 6.45) is 6.72. The molecule has 26 heavy (non-hydrogen) atoms. The van der Waals surface area contributed by atoms with Crippen molar-refractivity contribution in [3.8, 4) is 0 Å². The van der Waals surface area contributed by atoms with Crippen LogP contribution in [-0.4, -0.2) is 54.0 Å². The molecule has 2 fully saturated rings. The van der Waals surface area contributed by atoms with Crippen LogP contribution in [0.4, 0.5) is 4.79 Å². The first kappa shape index (κ1) is 18.7. The molecule has 3 rings (SSSR count). The zero-order valence-electron chi connectivity index (χ0n) is 16.1. The second kappa shape index (κ2) is 8.56. The summed E-state index contributed by atoms with van der Waals surface area (Å²) in [7, 11) is 0. The summed E-state index contributed by atoms with van der Waals surface area (Å²) in [4.78, 5) is 29.1. The third kappa shape index (κ3) is 4.57. The highest BCUT2D eigenvalue weighted by atomic mass is 16.2. The number of hydrogen-bond donors (Lipinski definition) is 1. The molecule has 0 aromatic heterocycles. The van der Waals surface area contributed by atoms with Crippen LogP contribution in [0.1, 0.15) is 60.0 Å². The first-order chi connectivity index (χ1) is 12.5. The molecule has 0 unspecified atom stereocenters. The lowest BCUT2D eigenvalue weighted by molar-refractivity contribution is 0.0762. The molecule has 1 aromatic rings. The van der Waals surface area contributed by atoms with Crippen LogP contribution in [0.5, 0.6) is 0 Å². The lowest BCUT2D eigenvalue weighted by Crippen LogP contribution is -2.46. The number of carbonyl (C=O) groups is 2. The Morgan fingerprint density at radius 1 is 0.885 bits per heavy atom. The highest BCUT2D eigenvalue weighted by Gasteiger charge is 2.24. The van der Waals surface area contributed by atoms with Crippen molar-refractivity contribution < 1.29 is 9.59 Å². The van der Waals surface area contributed by atoms with E-state index in [4.69, 9.17) is 0 Å². The molecule has 1 aromatic carbocycles. The van der Waals surface area contributed by atoms with Crippen LogP contribution in [0.25, 0.3) is 0 Å². The Balaban J connectivity index is 1.56. The Labute approximate surface area is 156 Å². The lowest BCUT2D eigenvalue weighted by Gasteiger charge is -2.27. The third-order valence-corrected chi connectivity index (χ3v) is 5.76. The second-order valence-electron chi connectivity index (χ2n) is 7.72. The fourth-order valence-electron chi connectivity index (χ4n) is 3.89. The second-order valence-corrected chi connectivity index (χ2v) is 7.72. The molecule has 0 spiro atoms. The van der Waals surface area contributed by atoms with E-state index in [9.17, 15) is 9.59 Å². The van der Waals surface area contributed by atoms with Gasteiger partial charge in [0.15, 0.2) is 0 Å². The quantitative estimate of drug-likeness (QED) is 0.881. The number of nitrogens with one attached hydrogen (secondary N) is 1. The zero-order valence-corrected chi connectivity index (χ0v) is 16.1. The van der Waals surface area contributed by atoms with E-state index in [-0.39, 0.29) is 11.9 Å². The maximum Gasteiger partial charge on any atom is 0.317 e. The van der Waals surface area contributed by atoms with Gasteiger partial charge < -0.3 is 15.1 Å². The van der Waals surface area contributed by atoms with Crippen molar-refractivity contribution in [2.45, 2.75) is 58.4 Å². The maximum absolute atomic E-state index is 12.8. The molecule has 5 heteroatoms. The van der Waals surface area contributed by atoms with Gasteiger partial charge in [-0.3, -0.25) is 4.79 Å². The molecule has 5 nitrogen and oxygen atoms in total. The highest BCUT2D eigenvalue weighted by molar-refractivity contribution is 5.94. The molecular formula is C21H31N3O2. The first-order valence-corrected chi connectivity index (χ1v) is 9.96. The van der Waals surface area contributed by atoms with Crippen LogP contribution in [-0.2, 0) is 0 Å². The number of hydrogen-bond acceptors (Lipinski definition) is 2. The van der Waals surface area contributed by atoms with Crippen molar-refractivity contribution in [3.63, 3.8) is 0 Å². The van der Waals surface area contributed by atoms with Crippen molar-refractivity contribution >= 4 is 11.9 Å². The van der Waals surface area contributed by atoms with Crippen LogP contribution in [0.15, 0.2) is 18.2 Å². The molecule has 0 radical (unpaired) electrons. The Bertz CT molecular complexity index is 653. The van der Waals surface area contributed by atoms with Crippen molar-refractivity contribution in [2.75, 3.05) is 26.2 Å². The van der Waals surface area contributed by atoms with E-state index in [0.717, 1.165) is 36.9 Å². The summed E-state index contributed by atoms with van der Waals surface area (Å²) in [5.74, 6) is 0.0719. The van der Waals surface area contributed by atoms with Gasteiger partial charge in [-0.25, -0.2) is 4.79 Å². The van der Waals surface area contributed by atoms with Gasteiger partial charge in [-0.05, 0) is 56.4 Å². The third-order valence-electron chi connectivity index (χ3n) is 5.76. The average Bonchev–Trinajstić information content (AvgIpc) is 2.90. The smallest absolute Gasteiger partial charge is 0.317 e. The Morgan fingerprint density at radius 3 is 2.31 bits per heavy atom. The maximum atomic E-state index is 12.8. The Morgan fingerprint density at radius 2 is 1.58 bits per heavy atom. The van der Waals surface area contributed by atoms with Gasteiger partial charge in [-0.2, -0.15) is 0 Å². The molecular weight excluding hydrogens is 326 g/mol. The average molecular weight is 357 g/mol. The number of amides is 3. The van der Waals surface area contributed by atoms with Crippen molar-refractivity contribution in [2.24, 2.45) is 0 Å². The highest BCUT2D eigenvalue weighted by Crippen LogP contribution is 2.18. The summed E-state index contributed by atoms with van der Waals surface area (Å²) in [5, 5.41) is 3.19. The minimum absolute atomic E-state index is 0.0392. The number of nitrogens with zero attached hydrogens (tertiary/aromatic N) is 2. The summed E-state index contributed by atoms with van der Waals surface area (Å²) in [6, 6.07) is 6.24. The molecule has 1 aliphatic heterocycles. The van der Waals surface area contributed by atoms with Crippen molar-refractivity contribution in [1.29, 1.82) is 0 Å². The van der Waals surface area contributed by atoms with Gasteiger partial charge in [-0.15, -0.1) is 0 Å². The topological polar surface area (TPSA) is 52.7 Å². The van der Waals surface area contributed by atoms with E-state index < -0.39 is 0 Å². The summed E-state index contributed by atoms with van der Waals surface area (Å²) < 4.78 is 0. The monoisotopic (exact) mass is 357 g/mol. The summed E-state index contributed by atoms with van der Waals surface area (Å²) in [5.41, 5.74) is 3.08. The lowest BCUT2D eigenvalue weighted by atomic mass is 9.96. The van der Waals surface area contributed by atoms with Crippen LogP contribution < -0.4 is 5.32 Å². The van der Waals surface area contributed by atoms with E-state index in [2.05, 4.69) is 12.2 Å². The summed E-state index contributed by atoms with van der Waals surface area (Å²) in [6.45, 7) is 6.72. The first-order valence-electron chi connectivity index (χ1n) is 9.96. The van der Waals surface area contributed by atoms with Gasteiger partial charge in [0, 0.05) is 37.8 Å². The predicted octanol–water partition coefficient (Wildman–Crippen LogP) is 3.49. The standard InChI is InChI=1S/C21H31N3O2/c1-16-9-10-18(15-17(16)2)20(25)23-11-6-12-24(14-13-23)21(26)22-19-7-4-3-5-8-19/h9-10,15,19H,3-8,11-14H2,1-2H3,(H,22,26). The molecule has 142 valence electrons. The van der Waals surface area contributed by atoms with E-state index in [0.29, 0.717) is 25.7 Å². The van der Waals surface area contributed by atoms with Crippen LogP contribution >= 0.6 is 0 Å². The normalized spacial score (nSPS) is 19.2. The van der Waals surface area contributed by atoms with Gasteiger partial charge >= 0.3 is 6.03 Å². The minimum atomic E-state index is 0.0392. The fourth-order valence-corrected chi connectivity index (χ4v) is 3.89. The molecule has 0 atom stereocenters. The molecule has 1 N–H and O–H groups in total. The molecule has 1 saturated carbocycles. The molecule has 3 amide bonds. The number of carbonyl (C=O) groups excluding carboxylic acids is 2.